The summed E-state index contributed by atoms with van der Waals surface area (Å²) in [5, 5.41) is 5.03. The van der Waals surface area contributed by atoms with E-state index >= 15 is 0 Å². The van der Waals surface area contributed by atoms with E-state index in [1.165, 1.54) is 0 Å². The molecule has 0 spiro atoms. The van der Waals surface area contributed by atoms with Crippen LogP contribution in [0.4, 0.5) is 5.69 Å². The number of aromatic nitrogens is 4. The number of anilines is 1. The summed E-state index contributed by atoms with van der Waals surface area (Å²) in [6.07, 6.45) is 6.17. The smallest absolute Gasteiger partial charge is 0.192 e. The summed E-state index contributed by atoms with van der Waals surface area (Å²) in [7, 11) is -1.78. The molecule has 0 amide bonds. The Morgan fingerprint density at radius 1 is 1.17 bits per heavy atom. The number of hydrogen-bond donors (Lipinski definition) is 0. The number of piperidine rings is 1. The van der Waals surface area contributed by atoms with Gasteiger partial charge in [-0.05, 0) is 55.2 Å². The minimum Gasteiger partial charge on any atom is -0.412 e. The summed E-state index contributed by atoms with van der Waals surface area (Å²) in [4.78, 5) is 11.4. The van der Waals surface area contributed by atoms with Crippen molar-refractivity contribution >= 4 is 31.3 Å². The lowest BCUT2D eigenvalue weighted by atomic mass is 10.1. The number of nitrogens with zero attached hydrogens (tertiary/aromatic N) is 5. The third kappa shape index (κ3) is 4.24. The van der Waals surface area contributed by atoms with Gasteiger partial charge >= 0.3 is 0 Å². The zero-order valence-corrected chi connectivity index (χ0v) is 20.1. The zero-order valence-electron chi connectivity index (χ0n) is 18.4. The Balaban J connectivity index is 1.57. The Hall–Kier alpha value is -1.96. The van der Waals surface area contributed by atoms with Crippen molar-refractivity contribution in [3.8, 4) is 11.4 Å². The lowest BCUT2D eigenvalue weighted by Crippen LogP contribution is -2.49. The Bertz CT molecular complexity index is 1050. The highest BCUT2D eigenvalue weighted by atomic mass is 35.5. The van der Waals surface area contributed by atoms with Crippen LogP contribution in [-0.4, -0.2) is 47.1 Å². The molecule has 0 saturated carbocycles. The molecule has 1 saturated heterocycles. The SMILES string of the molecule is CC(C)(C)[Si](C)(C)O[C@H]1CCCN(c2ccnc(-c3cnc4ccc(Cl)nn34)c2)C1. The van der Waals surface area contributed by atoms with Gasteiger partial charge in [0.15, 0.2) is 14.0 Å². The van der Waals surface area contributed by atoms with E-state index < -0.39 is 8.32 Å². The van der Waals surface area contributed by atoms with Crippen molar-refractivity contribution in [3.63, 3.8) is 0 Å². The maximum Gasteiger partial charge on any atom is 0.192 e. The molecule has 8 heteroatoms. The van der Waals surface area contributed by atoms with Gasteiger partial charge in [-0.2, -0.15) is 5.10 Å². The van der Waals surface area contributed by atoms with E-state index in [0.717, 1.165) is 48.7 Å². The molecule has 160 valence electrons. The summed E-state index contributed by atoms with van der Waals surface area (Å²) in [6.45, 7) is 13.5. The summed E-state index contributed by atoms with van der Waals surface area (Å²) in [5.74, 6) is 0. The van der Waals surface area contributed by atoms with Crippen LogP contribution in [0.1, 0.15) is 33.6 Å². The fourth-order valence-corrected chi connectivity index (χ4v) is 5.16. The van der Waals surface area contributed by atoms with Crippen molar-refractivity contribution in [1.29, 1.82) is 0 Å². The maximum absolute atomic E-state index is 6.71. The van der Waals surface area contributed by atoms with Gasteiger partial charge in [-0.15, -0.1) is 0 Å². The van der Waals surface area contributed by atoms with Crippen LogP contribution in [0, 0.1) is 0 Å². The molecule has 0 bridgehead atoms. The quantitative estimate of drug-likeness (QED) is 0.503. The van der Waals surface area contributed by atoms with E-state index in [2.05, 4.69) is 66.0 Å². The molecule has 0 unspecified atom stereocenters. The van der Waals surface area contributed by atoms with Gasteiger partial charge in [0.1, 0.15) is 10.8 Å². The topological polar surface area (TPSA) is 55.5 Å². The summed E-state index contributed by atoms with van der Waals surface area (Å²) >= 11 is 6.09. The van der Waals surface area contributed by atoms with Crippen molar-refractivity contribution in [2.45, 2.75) is 57.8 Å². The molecular formula is C22H30ClN5OSi. The van der Waals surface area contributed by atoms with Crippen molar-refractivity contribution in [2.75, 3.05) is 18.0 Å². The van der Waals surface area contributed by atoms with Gasteiger partial charge in [-0.3, -0.25) is 4.98 Å². The normalized spacial score (nSPS) is 18.2. The molecule has 6 nitrogen and oxygen atoms in total. The van der Waals surface area contributed by atoms with Gasteiger partial charge in [0.05, 0.1) is 18.0 Å². The van der Waals surface area contributed by atoms with E-state index in [-0.39, 0.29) is 11.1 Å². The molecular weight excluding hydrogens is 414 g/mol. The van der Waals surface area contributed by atoms with Crippen LogP contribution >= 0.6 is 11.6 Å². The van der Waals surface area contributed by atoms with Gasteiger partial charge in [0, 0.05) is 25.0 Å². The minimum atomic E-state index is -1.78. The van der Waals surface area contributed by atoms with Crippen LogP contribution in [0.3, 0.4) is 0 Å². The Morgan fingerprint density at radius 2 is 1.97 bits per heavy atom. The molecule has 3 aromatic rings. The fraction of sp³-hybridized carbons (Fsp3) is 0.500. The average molecular weight is 444 g/mol. The summed E-state index contributed by atoms with van der Waals surface area (Å²) < 4.78 is 8.46. The van der Waals surface area contributed by atoms with Crippen LogP contribution in [0.15, 0.2) is 36.7 Å². The van der Waals surface area contributed by atoms with Gasteiger partial charge in [-0.25, -0.2) is 9.50 Å². The minimum absolute atomic E-state index is 0.219. The standard InChI is InChI=1S/C22H30ClN5OSi/c1-22(2,3)30(4,5)29-17-7-6-12-27(15-17)16-10-11-24-18(13-16)19-14-25-21-9-8-20(23)26-28(19)21/h8-11,13-14,17H,6-7,12,15H2,1-5H3/t17-/m0/s1. The van der Waals surface area contributed by atoms with Crippen LogP contribution in [0.25, 0.3) is 17.0 Å². The van der Waals surface area contributed by atoms with Gasteiger partial charge in [-0.1, -0.05) is 32.4 Å². The molecule has 0 aliphatic carbocycles. The molecule has 3 aromatic heterocycles. The van der Waals surface area contributed by atoms with Crippen LogP contribution < -0.4 is 4.90 Å². The molecule has 1 atom stereocenters. The summed E-state index contributed by atoms with van der Waals surface area (Å²) in [5.41, 5.74) is 3.57. The molecule has 0 radical (unpaired) electrons. The Kier molecular flexibility index (Phi) is 5.63. The number of pyridine rings is 1. The first kappa shape index (κ1) is 21.3. The third-order valence-corrected chi connectivity index (χ3v) is 11.1. The predicted molar refractivity (Wildman–Crippen MR) is 125 cm³/mol. The lowest BCUT2D eigenvalue weighted by Gasteiger charge is -2.43. The number of halogens is 1. The molecule has 0 N–H and O–H groups in total. The molecule has 1 aliphatic heterocycles. The monoisotopic (exact) mass is 443 g/mol. The molecule has 4 heterocycles. The van der Waals surface area contributed by atoms with Crippen molar-refractivity contribution in [3.05, 3.63) is 41.8 Å². The largest absolute Gasteiger partial charge is 0.412 e. The predicted octanol–water partition coefficient (Wildman–Crippen LogP) is 5.44. The highest BCUT2D eigenvalue weighted by molar-refractivity contribution is 6.74. The Labute approximate surface area is 184 Å². The van der Waals surface area contributed by atoms with Crippen LogP contribution in [-0.2, 0) is 4.43 Å². The molecule has 30 heavy (non-hydrogen) atoms. The maximum atomic E-state index is 6.71. The number of fused-ring (bicyclic) bond motifs is 1. The van der Waals surface area contributed by atoms with Crippen molar-refractivity contribution in [1.82, 2.24) is 19.6 Å². The Morgan fingerprint density at radius 3 is 2.73 bits per heavy atom. The second-order valence-electron chi connectivity index (χ2n) is 9.56. The highest BCUT2D eigenvalue weighted by Crippen LogP contribution is 2.38. The number of hydrogen-bond acceptors (Lipinski definition) is 5. The van der Waals surface area contributed by atoms with E-state index in [9.17, 15) is 0 Å². The molecule has 0 aromatic carbocycles. The number of rotatable bonds is 4. The van der Waals surface area contributed by atoms with E-state index in [0.29, 0.717) is 5.15 Å². The fourth-order valence-electron chi connectivity index (χ4n) is 3.64. The van der Waals surface area contributed by atoms with Crippen molar-refractivity contribution < 1.29 is 4.43 Å². The van der Waals surface area contributed by atoms with E-state index in [4.69, 9.17) is 16.0 Å². The average Bonchev–Trinajstić information content (AvgIpc) is 3.10. The first-order valence-electron chi connectivity index (χ1n) is 10.5. The number of imidazole rings is 1. The van der Waals surface area contributed by atoms with Crippen molar-refractivity contribution in [2.24, 2.45) is 0 Å². The molecule has 4 rings (SSSR count). The zero-order chi connectivity index (χ0) is 21.5. The van der Waals surface area contributed by atoms with E-state index in [1.807, 2.05) is 12.3 Å². The third-order valence-electron chi connectivity index (χ3n) is 6.35. The van der Waals surface area contributed by atoms with Gasteiger partial charge in [0.25, 0.3) is 0 Å². The molecule has 1 fully saturated rings. The van der Waals surface area contributed by atoms with Gasteiger partial charge in [0.2, 0.25) is 0 Å². The van der Waals surface area contributed by atoms with Crippen LogP contribution in [0.2, 0.25) is 23.3 Å². The van der Waals surface area contributed by atoms with E-state index in [1.54, 1.807) is 16.8 Å². The second kappa shape index (κ2) is 7.94. The highest BCUT2D eigenvalue weighted by Gasteiger charge is 2.40. The van der Waals surface area contributed by atoms with Crippen LogP contribution in [0.5, 0.6) is 0 Å². The lowest BCUT2D eigenvalue weighted by molar-refractivity contribution is 0.160. The molecule has 1 aliphatic rings. The van der Waals surface area contributed by atoms with Gasteiger partial charge < -0.3 is 9.33 Å². The summed E-state index contributed by atoms with van der Waals surface area (Å²) in [6, 6.07) is 7.78. The first-order chi connectivity index (χ1) is 14.1. The second-order valence-corrected chi connectivity index (χ2v) is 14.7. The first-order valence-corrected chi connectivity index (χ1v) is 13.8.